The average molecular weight is 445 g/mol. The van der Waals surface area contributed by atoms with Gasteiger partial charge >= 0.3 is 0 Å². The molecule has 9 heteroatoms. The highest BCUT2D eigenvalue weighted by Crippen LogP contribution is 2.30. The molecule has 0 saturated heterocycles. The molecule has 1 heterocycles. The van der Waals surface area contributed by atoms with Gasteiger partial charge in [-0.1, -0.05) is 15.9 Å². The number of amides is 2. The van der Waals surface area contributed by atoms with Crippen LogP contribution in [0.4, 0.5) is 0 Å². The number of phenolic OH excluding ortho intramolecular Hbond substituents is 1. The molecule has 1 aromatic carbocycles. The smallest absolute Gasteiger partial charge is 0.287 e. The lowest BCUT2D eigenvalue weighted by atomic mass is 10.2. The molecular formula is C14H11Br2N3O4. The molecule has 0 atom stereocenters. The number of rotatable bonds is 5. The second kappa shape index (κ2) is 7.93. The van der Waals surface area contributed by atoms with E-state index in [9.17, 15) is 14.7 Å². The summed E-state index contributed by atoms with van der Waals surface area (Å²) in [6, 6.07) is 6.37. The number of hydrogen-bond donors (Lipinski definition) is 3. The van der Waals surface area contributed by atoms with Crippen LogP contribution < -0.4 is 10.7 Å². The van der Waals surface area contributed by atoms with Crippen molar-refractivity contribution in [2.24, 2.45) is 5.10 Å². The molecule has 0 unspecified atom stereocenters. The molecule has 0 aliphatic heterocycles. The number of furan rings is 1. The fraction of sp³-hybridized carbons (Fsp3) is 0.0714. The Morgan fingerprint density at radius 1 is 1.35 bits per heavy atom. The minimum absolute atomic E-state index is 0.00248. The van der Waals surface area contributed by atoms with Gasteiger partial charge in [-0.25, -0.2) is 5.43 Å². The predicted molar refractivity (Wildman–Crippen MR) is 90.3 cm³/mol. The number of nitrogens with zero attached hydrogens (tertiary/aromatic N) is 1. The summed E-state index contributed by atoms with van der Waals surface area (Å²) in [4.78, 5) is 23.1. The van der Waals surface area contributed by atoms with Gasteiger partial charge in [-0.2, -0.15) is 5.10 Å². The van der Waals surface area contributed by atoms with Crippen LogP contribution in [-0.4, -0.2) is 29.7 Å². The molecule has 2 amide bonds. The largest absolute Gasteiger partial charge is 0.506 e. The maximum absolute atomic E-state index is 11.6. The van der Waals surface area contributed by atoms with E-state index < -0.39 is 11.8 Å². The van der Waals surface area contributed by atoms with Crippen LogP contribution in [-0.2, 0) is 4.79 Å². The predicted octanol–water partition coefficient (Wildman–Crippen LogP) is 2.39. The van der Waals surface area contributed by atoms with Crippen molar-refractivity contribution in [1.29, 1.82) is 0 Å². The summed E-state index contributed by atoms with van der Waals surface area (Å²) < 4.78 is 6.12. The first-order chi connectivity index (χ1) is 11.0. The molecule has 2 aromatic rings. The molecular weight excluding hydrogens is 434 g/mol. The molecule has 2 rings (SSSR count). The number of phenols is 1. The Hall–Kier alpha value is -2.13. The third-order valence-corrected chi connectivity index (χ3v) is 3.67. The van der Waals surface area contributed by atoms with Crippen molar-refractivity contribution in [3.8, 4) is 5.75 Å². The van der Waals surface area contributed by atoms with Gasteiger partial charge in [0.15, 0.2) is 5.76 Å². The fourth-order valence-electron chi connectivity index (χ4n) is 1.55. The van der Waals surface area contributed by atoms with Gasteiger partial charge < -0.3 is 14.8 Å². The number of aromatic hydroxyl groups is 1. The summed E-state index contributed by atoms with van der Waals surface area (Å²) in [6.07, 6.45) is 2.65. The van der Waals surface area contributed by atoms with E-state index in [0.29, 0.717) is 10.0 Å². The van der Waals surface area contributed by atoms with Crippen molar-refractivity contribution in [2.45, 2.75) is 0 Å². The molecule has 0 fully saturated rings. The SMILES string of the molecule is O=C(CNC(=O)c1ccco1)NN=Cc1cc(Br)cc(Br)c1O. The molecule has 0 aliphatic carbocycles. The zero-order valence-electron chi connectivity index (χ0n) is 11.5. The Kier molecular flexibility index (Phi) is 5.94. The summed E-state index contributed by atoms with van der Waals surface area (Å²) in [6.45, 7) is -0.259. The van der Waals surface area contributed by atoms with E-state index in [1.807, 2.05) is 0 Å². The lowest BCUT2D eigenvalue weighted by molar-refractivity contribution is -0.120. The Morgan fingerprint density at radius 2 is 2.13 bits per heavy atom. The molecule has 0 bridgehead atoms. The fourth-order valence-corrected chi connectivity index (χ4v) is 2.81. The Labute approximate surface area is 148 Å². The third kappa shape index (κ3) is 4.93. The Morgan fingerprint density at radius 3 is 2.83 bits per heavy atom. The monoisotopic (exact) mass is 443 g/mol. The topological polar surface area (TPSA) is 104 Å². The molecule has 7 nitrogen and oxygen atoms in total. The molecule has 0 radical (unpaired) electrons. The number of halogens is 2. The van der Waals surface area contributed by atoms with Crippen molar-refractivity contribution in [3.05, 3.63) is 50.8 Å². The van der Waals surface area contributed by atoms with Crippen LogP contribution in [0.5, 0.6) is 5.75 Å². The highest BCUT2D eigenvalue weighted by Gasteiger charge is 2.10. The van der Waals surface area contributed by atoms with Gasteiger partial charge in [0.25, 0.3) is 11.8 Å². The number of carbonyl (C=O) groups is 2. The van der Waals surface area contributed by atoms with Crippen LogP contribution in [0.25, 0.3) is 0 Å². The maximum atomic E-state index is 11.6. The molecule has 0 saturated carbocycles. The van der Waals surface area contributed by atoms with Crippen LogP contribution in [0.3, 0.4) is 0 Å². The van der Waals surface area contributed by atoms with Gasteiger partial charge in [0.05, 0.1) is 23.5 Å². The number of nitrogens with one attached hydrogen (secondary N) is 2. The van der Waals surface area contributed by atoms with Crippen molar-refractivity contribution in [1.82, 2.24) is 10.7 Å². The molecule has 120 valence electrons. The normalized spacial score (nSPS) is 10.7. The standard InChI is InChI=1S/C14H11Br2N3O4/c15-9-4-8(13(21)10(16)5-9)6-18-19-12(20)7-17-14(22)11-2-1-3-23-11/h1-6,21H,7H2,(H,17,22)(H,19,20). The molecule has 23 heavy (non-hydrogen) atoms. The van der Waals surface area contributed by atoms with Crippen LogP contribution in [0, 0.1) is 0 Å². The Bertz CT molecular complexity index is 745. The second-order valence-electron chi connectivity index (χ2n) is 4.28. The molecule has 1 aromatic heterocycles. The van der Waals surface area contributed by atoms with Crippen LogP contribution in [0.1, 0.15) is 16.1 Å². The van der Waals surface area contributed by atoms with Crippen molar-refractivity contribution < 1.29 is 19.1 Å². The van der Waals surface area contributed by atoms with Gasteiger partial charge in [-0.3, -0.25) is 9.59 Å². The molecule has 0 spiro atoms. The quantitative estimate of drug-likeness (QED) is 0.486. The lowest BCUT2D eigenvalue weighted by Crippen LogP contribution is -2.34. The van der Waals surface area contributed by atoms with Gasteiger partial charge in [-0.05, 0) is 40.2 Å². The van der Waals surface area contributed by atoms with Crippen molar-refractivity contribution in [2.75, 3.05) is 6.54 Å². The summed E-state index contributed by atoms with van der Waals surface area (Å²) in [5, 5.41) is 15.9. The maximum Gasteiger partial charge on any atom is 0.287 e. The van der Waals surface area contributed by atoms with Crippen LogP contribution in [0.15, 0.2) is 49.0 Å². The minimum atomic E-state index is -0.519. The number of hydrazone groups is 1. The van der Waals surface area contributed by atoms with Gasteiger partial charge in [0.1, 0.15) is 5.75 Å². The van der Waals surface area contributed by atoms with Gasteiger partial charge in [0, 0.05) is 10.0 Å². The van der Waals surface area contributed by atoms with Crippen molar-refractivity contribution in [3.63, 3.8) is 0 Å². The van der Waals surface area contributed by atoms with E-state index in [-0.39, 0.29) is 18.1 Å². The highest BCUT2D eigenvalue weighted by molar-refractivity contribution is 9.11. The zero-order valence-corrected chi connectivity index (χ0v) is 14.7. The van der Waals surface area contributed by atoms with E-state index in [2.05, 4.69) is 47.7 Å². The number of hydrogen-bond acceptors (Lipinski definition) is 5. The number of carbonyl (C=O) groups excluding carboxylic acids is 2. The highest BCUT2D eigenvalue weighted by atomic mass is 79.9. The van der Waals surface area contributed by atoms with E-state index in [0.717, 1.165) is 4.47 Å². The summed E-state index contributed by atoms with van der Waals surface area (Å²) in [5.41, 5.74) is 2.65. The minimum Gasteiger partial charge on any atom is -0.506 e. The summed E-state index contributed by atoms with van der Waals surface area (Å²) in [5.74, 6) is -0.903. The first-order valence-electron chi connectivity index (χ1n) is 6.29. The summed E-state index contributed by atoms with van der Waals surface area (Å²) in [7, 11) is 0. The Balaban J connectivity index is 1.86. The first kappa shape index (κ1) is 17.2. The van der Waals surface area contributed by atoms with Crippen LogP contribution in [0.2, 0.25) is 0 Å². The molecule has 0 aliphatic rings. The average Bonchev–Trinajstić information content (AvgIpc) is 3.04. The van der Waals surface area contributed by atoms with Gasteiger partial charge in [0.2, 0.25) is 0 Å². The van der Waals surface area contributed by atoms with Gasteiger partial charge in [-0.15, -0.1) is 0 Å². The molecule has 3 N–H and O–H groups in total. The third-order valence-electron chi connectivity index (χ3n) is 2.61. The van der Waals surface area contributed by atoms with Crippen LogP contribution >= 0.6 is 31.9 Å². The second-order valence-corrected chi connectivity index (χ2v) is 6.05. The lowest BCUT2D eigenvalue weighted by Gasteiger charge is -2.04. The van der Waals surface area contributed by atoms with E-state index in [4.69, 9.17) is 4.42 Å². The van der Waals surface area contributed by atoms with E-state index in [1.165, 1.54) is 18.5 Å². The van der Waals surface area contributed by atoms with Crippen molar-refractivity contribution >= 4 is 49.9 Å². The van der Waals surface area contributed by atoms with E-state index in [1.54, 1.807) is 18.2 Å². The summed E-state index contributed by atoms with van der Waals surface area (Å²) >= 11 is 6.47. The number of benzene rings is 1. The van der Waals surface area contributed by atoms with E-state index >= 15 is 0 Å². The zero-order chi connectivity index (χ0) is 16.8. The first-order valence-corrected chi connectivity index (χ1v) is 7.87.